The second-order valence-electron chi connectivity index (χ2n) is 4.86. The monoisotopic (exact) mass is 398 g/mol. The lowest BCUT2D eigenvalue weighted by molar-refractivity contribution is 0.266. The summed E-state index contributed by atoms with van der Waals surface area (Å²) in [6.07, 6.45) is 0.946. The first kappa shape index (κ1) is 14.1. The van der Waals surface area contributed by atoms with Gasteiger partial charge in [-0.25, -0.2) is 4.39 Å². The van der Waals surface area contributed by atoms with Crippen LogP contribution >= 0.6 is 31.9 Å². The molecule has 0 fully saturated rings. The third kappa shape index (κ3) is 2.63. The van der Waals surface area contributed by atoms with Gasteiger partial charge in [-0.1, -0.05) is 40.2 Å². The molecular formula is C16H13Br2FO. The van der Waals surface area contributed by atoms with Crippen LogP contribution in [-0.4, -0.2) is 6.61 Å². The predicted molar refractivity (Wildman–Crippen MR) is 85.1 cm³/mol. The first-order valence-electron chi connectivity index (χ1n) is 6.47. The van der Waals surface area contributed by atoms with E-state index in [-0.39, 0.29) is 10.6 Å². The van der Waals surface area contributed by atoms with Gasteiger partial charge < -0.3 is 4.74 Å². The van der Waals surface area contributed by atoms with Crippen LogP contribution in [-0.2, 0) is 0 Å². The van der Waals surface area contributed by atoms with Gasteiger partial charge in [0.25, 0.3) is 0 Å². The average Bonchev–Trinajstić information content (AvgIpc) is 2.49. The largest absolute Gasteiger partial charge is 0.493 e. The van der Waals surface area contributed by atoms with Crippen LogP contribution in [0.5, 0.6) is 5.75 Å². The minimum Gasteiger partial charge on any atom is -0.493 e. The number of hydrogen-bond donors (Lipinski definition) is 0. The van der Waals surface area contributed by atoms with Crippen LogP contribution in [0.1, 0.15) is 28.3 Å². The van der Waals surface area contributed by atoms with Crippen molar-refractivity contribution in [1.82, 2.24) is 0 Å². The van der Waals surface area contributed by atoms with Gasteiger partial charge >= 0.3 is 0 Å². The van der Waals surface area contributed by atoms with Gasteiger partial charge in [-0.3, -0.25) is 0 Å². The zero-order chi connectivity index (χ0) is 14.1. The van der Waals surface area contributed by atoms with Gasteiger partial charge in [0.05, 0.1) is 11.1 Å². The number of benzene rings is 2. The van der Waals surface area contributed by atoms with E-state index in [2.05, 4.69) is 37.9 Å². The normalized spacial score (nSPS) is 19.1. The van der Waals surface area contributed by atoms with Crippen LogP contribution in [0.15, 0.2) is 46.9 Å². The van der Waals surface area contributed by atoms with Crippen molar-refractivity contribution in [2.45, 2.75) is 17.2 Å². The molecule has 1 heterocycles. The fourth-order valence-electron chi connectivity index (χ4n) is 2.59. The maximum atomic E-state index is 13.4. The van der Waals surface area contributed by atoms with Crippen LogP contribution in [0.4, 0.5) is 4.39 Å². The maximum Gasteiger partial charge on any atom is 0.137 e. The first-order valence-corrected chi connectivity index (χ1v) is 8.18. The summed E-state index contributed by atoms with van der Waals surface area (Å²) < 4.78 is 19.6. The number of halogens is 3. The molecule has 3 rings (SSSR count). The molecule has 0 saturated carbocycles. The molecule has 0 aliphatic carbocycles. The number of fused-ring (bicyclic) bond motifs is 1. The van der Waals surface area contributed by atoms with Crippen molar-refractivity contribution < 1.29 is 9.13 Å². The molecule has 0 amide bonds. The highest BCUT2D eigenvalue weighted by molar-refractivity contribution is 9.10. The highest BCUT2D eigenvalue weighted by Gasteiger charge is 2.28. The van der Waals surface area contributed by atoms with Crippen LogP contribution < -0.4 is 4.74 Å². The number of para-hydroxylation sites is 1. The Kier molecular flexibility index (Phi) is 4.13. The van der Waals surface area contributed by atoms with E-state index in [0.717, 1.165) is 17.7 Å². The van der Waals surface area contributed by atoms with Crippen LogP contribution in [0.3, 0.4) is 0 Å². The summed E-state index contributed by atoms with van der Waals surface area (Å²) in [6, 6.07) is 13.3. The summed E-state index contributed by atoms with van der Waals surface area (Å²) in [5.41, 5.74) is 2.28. The molecule has 0 radical (unpaired) electrons. The number of hydrogen-bond acceptors (Lipinski definition) is 1. The standard InChI is InChI=1S/C16H13Br2FO/c17-13-9-10(5-6-14(13)19)16(18)12-7-8-20-15-4-2-1-3-11(12)15/h1-6,9,12,16H,7-8H2. The number of alkyl halides is 1. The van der Waals surface area contributed by atoms with E-state index < -0.39 is 0 Å². The Bertz CT molecular complexity index is 630. The Morgan fingerprint density at radius 1 is 1.20 bits per heavy atom. The lowest BCUT2D eigenvalue weighted by Crippen LogP contribution is -2.17. The van der Waals surface area contributed by atoms with Gasteiger partial charge in [0.2, 0.25) is 0 Å². The Morgan fingerprint density at radius 2 is 2.00 bits per heavy atom. The summed E-state index contributed by atoms with van der Waals surface area (Å²) in [6.45, 7) is 0.714. The Labute approximate surface area is 134 Å². The minimum atomic E-state index is -0.235. The Balaban J connectivity index is 1.95. The molecule has 2 aromatic rings. The quantitative estimate of drug-likeness (QED) is 0.598. The van der Waals surface area contributed by atoms with Crippen molar-refractivity contribution in [2.75, 3.05) is 6.61 Å². The molecule has 0 aromatic heterocycles. The third-order valence-electron chi connectivity index (χ3n) is 3.62. The maximum absolute atomic E-state index is 13.4. The van der Waals surface area contributed by atoms with Gasteiger partial charge in [-0.2, -0.15) is 0 Å². The molecule has 0 spiro atoms. The molecule has 1 nitrogen and oxygen atoms in total. The molecule has 0 N–H and O–H groups in total. The van der Waals surface area contributed by atoms with E-state index >= 15 is 0 Å². The summed E-state index contributed by atoms with van der Waals surface area (Å²) >= 11 is 7.03. The fraction of sp³-hybridized carbons (Fsp3) is 0.250. The molecule has 0 bridgehead atoms. The smallest absolute Gasteiger partial charge is 0.137 e. The summed E-state index contributed by atoms with van der Waals surface area (Å²) in [5, 5.41) is 0. The van der Waals surface area contributed by atoms with Crippen molar-refractivity contribution in [1.29, 1.82) is 0 Å². The lowest BCUT2D eigenvalue weighted by atomic mass is 9.87. The topological polar surface area (TPSA) is 9.23 Å². The molecular weight excluding hydrogens is 387 g/mol. The lowest BCUT2D eigenvalue weighted by Gasteiger charge is -2.29. The molecule has 20 heavy (non-hydrogen) atoms. The molecule has 2 aromatic carbocycles. The molecule has 1 aliphatic rings. The molecule has 0 saturated heterocycles. The van der Waals surface area contributed by atoms with E-state index in [0.29, 0.717) is 17.0 Å². The van der Waals surface area contributed by atoms with E-state index in [9.17, 15) is 4.39 Å². The van der Waals surface area contributed by atoms with Crippen LogP contribution in [0.2, 0.25) is 0 Å². The summed E-state index contributed by atoms with van der Waals surface area (Å²) in [7, 11) is 0. The molecule has 2 unspecified atom stereocenters. The SMILES string of the molecule is Fc1ccc(C(Br)C2CCOc3ccccc32)cc1Br. The van der Waals surface area contributed by atoms with Crippen molar-refractivity contribution in [3.8, 4) is 5.75 Å². The van der Waals surface area contributed by atoms with E-state index in [1.54, 1.807) is 0 Å². The average molecular weight is 400 g/mol. The minimum absolute atomic E-state index is 0.143. The molecule has 104 valence electrons. The molecule has 2 atom stereocenters. The van der Waals surface area contributed by atoms with Gasteiger partial charge in [0.1, 0.15) is 11.6 Å². The van der Waals surface area contributed by atoms with E-state index in [1.807, 2.05) is 30.3 Å². The molecule has 1 aliphatic heterocycles. The second kappa shape index (κ2) is 5.86. The zero-order valence-corrected chi connectivity index (χ0v) is 13.8. The summed E-state index contributed by atoms with van der Waals surface area (Å²) in [5.74, 6) is 1.05. The van der Waals surface area contributed by atoms with Gasteiger partial charge in [0, 0.05) is 10.7 Å². The van der Waals surface area contributed by atoms with Crippen molar-refractivity contribution in [3.05, 3.63) is 63.9 Å². The van der Waals surface area contributed by atoms with Crippen molar-refractivity contribution >= 4 is 31.9 Å². The van der Waals surface area contributed by atoms with Gasteiger partial charge in [0.15, 0.2) is 0 Å². The molecule has 4 heteroatoms. The predicted octanol–water partition coefficient (Wildman–Crippen LogP) is 5.59. The van der Waals surface area contributed by atoms with E-state index in [4.69, 9.17) is 4.74 Å². The Hall–Kier alpha value is -0.870. The van der Waals surface area contributed by atoms with Crippen molar-refractivity contribution in [3.63, 3.8) is 0 Å². The summed E-state index contributed by atoms with van der Waals surface area (Å²) in [4.78, 5) is 0.143. The van der Waals surface area contributed by atoms with Gasteiger partial charge in [-0.15, -0.1) is 0 Å². The number of rotatable bonds is 2. The fourth-order valence-corrected chi connectivity index (χ4v) is 3.82. The highest BCUT2D eigenvalue weighted by atomic mass is 79.9. The highest BCUT2D eigenvalue weighted by Crippen LogP contribution is 2.46. The zero-order valence-electron chi connectivity index (χ0n) is 10.7. The first-order chi connectivity index (χ1) is 9.66. The van der Waals surface area contributed by atoms with E-state index in [1.165, 1.54) is 11.6 Å². The Morgan fingerprint density at radius 3 is 2.80 bits per heavy atom. The van der Waals surface area contributed by atoms with Crippen LogP contribution in [0, 0.1) is 5.82 Å². The van der Waals surface area contributed by atoms with Crippen molar-refractivity contribution in [2.24, 2.45) is 0 Å². The third-order valence-corrected chi connectivity index (χ3v) is 5.39. The van der Waals surface area contributed by atoms with Crippen LogP contribution in [0.25, 0.3) is 0 Å². The second-order valence-corrected chi connectivity index (χ2v) is 6.70. The number of ether oxygens (including phenoxy) is 1. The van der Waals surface area contributed by atoms with Gasteiger partial charge in [-0.05, 0) is 51.7 Å².